The maximum atomic E-state index is 11.9. The molecule has 1 amide bonds. The second-order valence-corrected chi connectivity index (χ2v) is 6.12. The number of anilines is 1. The summed E-state index contributed by atoms with van der Waals surface area (Å²) >= 11 is 0. The highest BCUT2D eigenvalue weighted by atomic mass is 32.2. The van der Waals surface area contributed by atoms with Gasteiger partial charge in [-0.15, -0.1) is 0 Å². The number of hydrogen-bond acceptors (Lipinski definition) is 5. The van der Waals surface area contributed by atoms with E-state index < -0.39 is 10.0 Å². The average Bonchev–Trinajstić information content (AvgIpc) is 2.67. The van der Waals surface area contributed by atoms with Gasteiger partial charge < -0.3 is 4.90 Å². The van der Waals surface area contributed by atoms with Gasteiger partial charge in [-0.2, -0.15) is 0 Å². The largest absolute Gasteiger partial charge is 0.311 e. The van der Waals surface area contributed by atoms with Gasteiger partial charge in [-0.3, -0.25) is 14.6 Å². The Hall–Kier alpha value is -1.80. The molecule has 1 unspecified atom stereocenters. The highest BCUT2D eigenvalue weighted by Gasteiger charge is 2.33. The lowest BCUT2D eigenvalue weighted by molar-refractivity contribution is -0.117. The van der Waals surface area contributed by atoms with E-state index >= 15 is 0 Å². The Morgan fingerprint density at radius 3 is 2.89 bits per heavy atom. The van der Waals surface area contributed by atoms with Gasteiger partial charge in [0.2, 0.25) is 15.9 Å². The molecule has 0 aliphatic carbocycles. The number of aldehydes is 1. The molecule has 0 spiro atoms. The quantitative estimate of drug-likeness (QED) is 0.751. The maximum Gasteiger partial charge on any atom is 0.227 e. The van der Waals surface area contributed by atoms with Gasteiger partial charge in [0, 0.05) is 31.3 Å². The zero-order valence-electron chi connectivity index (χ0n) is 10.0. The molecule has 19 heavy (non-hydrogen) atoms. The van der Waals surface area contributed by atoms with Crippen molar-refractivity contribution in [2.75, 3.05) is 17.2 Å². The van der Waals surface area contributed by atoms with E-state index in [-0.39, 0.29) is 30.5 Å². The lowest BCUT2D eigenvalue weighted by atomic mass is 10.1. The maximum absolute atomic E-state index is 11.9. The van der Waals surface area contributed by atoms with Crippen LogP contribution in [-0.2, 0) is 14.8 Å². The SMILES string of the molecule is NS(=O)(=O)CC1CC(=O)N(c2ccncc2C=O)C1. The lowest BCUT2D eigenvalue weighted by Gasteiger charge is -2.17. The molecule has 2 rings (SSSR count). The minimum atomic E-state index is -3.61. The highest BCUT2D eigenvalue weighted by molar-refractivity contribution is 7.89. The molecule has 0 saturated carbocycles. The van der Waals surface area contributed by atoms with E-state index in [9.17, 15) is 18.0 Å². The number of aromatic nitrogens is 1. The molecule has 0 bridgehead atoms. The third-order valence-electron chi connectivity index (χ3n) is 2.92. The molecule has 1 aliphatic heterocycles. The first-order valence-electron chi connectivity index (χ1n) is 5.61. The predicted molar refractivity (Wildman–Crippen MR) is 68.1 cm³/mol. The van der Waals surface area contributed by atoms with Crippen LogP contribution in [0.4, 0.5) is 5.69 Å². The standard InChI is InChI=1S/C11H13N3O4S/c12-19(17,18)7-8-3-11(16)14(5-8)10-1-2-13-4-9(10)6-15/h1-2,4,6,8H,3,5,7H2,(H2,12,17,18). The molecule has 1 fully saturated rings. The van der Waals surface area contributed by atoms with Crippen LogP contribution in [0.5, 0.6) is 0 Å². The summed E-state index contributed by atoms with van der Waals surface area (Å²) in [6.45, 7) is 0.236. The number of nitrogens with two attached hydrogens (primary N) is 1. The molecule has 1 aromatic rings. The Balaban J connectivity index is 2.23. The van der Waals surface area contributed by atoms with Gasteiger partial charge in [0.25, 0.3) is 0 Å². The van der Waals surface area contributed by atoms with E-state index in [1.807, 2.05) is 0 Å². The number of pyridine rings is 1. The number of carbonyl (C=O) groups excluding carboxylic acids is 2. The van der Waals surface area contributed by atoms with E-state index in [4.69, 9.17) is 5.14 Å². The van der Waals surface area contributed by atoms with Crippen molar-refractivity contribution in [2.45, 2.75) is 6.42 Å². The number of nitrogens with zero attached hydrogens (tertiary/aromatic N) is 2. The molecule has 2 heterocycles. The van der Waals surface area contributed by atoms with Crippen molar-refractivity contribution in [3.8, 4) is 0 Å². The third-order valence-corrected chi connectivity index (χ3v) is 3.85. The van der Waals surface area contributed by atoms with Crippen molar-refractivity contribution >= 4 is 27.9 Å². The summed E-state index contributed by atoms with van der Waals surface area (Å²) in [6, 6.07) is 1.56. The van der Waals surface area contributed by atoms with Crippen LogP contribution in [0.25, 0.3) is 0 Å². The molecular weight excluding hydrogens is 270 g/mol. The second kappa shape index (κ2) is 5.06. The lowest BCUT2D eigenvalue weighted by Crippen LogP contribution is -2.28. The molecule has 8 heteroatoms. The van der Waals surface area contributed by atoms with E-state index in [0.717, 1.165) is 0 Å². The van der Waals surface area contributed by atoms with Gasteiger partial charge in [-0.25, -0.2) is 13.6 Å². The van der Waals surface area contributed by atoms with Gasteiger partial charge in [-0.05, 0) is 6.07 Å². The van der Waals surface area contributed by atoms with Crippen LogP contribution in [0.2, 0.25) is 0 Å². The van der Waals surface area contributed by atoms with E-state index in [1.54, 1.807) is 6.07 Å². The summed E-state index contributed by atoms with van der Waals surface area (Å²) in [6.07, 6.45) is 3.56. The average molecular weight is 283 g/mol. The van der Waals surface area contributed by atoms with Crippen molar-refractivity contribution in [3.63, 3.8) is 0 Å². The van der Waals surface area contributed by atoms with Crippen molar-refractivity contribution in [1.29, 1.82) is 0 Å². The van der Waals surface area contributed by atoms with Crippen molar-refractivity contribution < 1.29 is 18.0 Å². The minimum Gasteiger partial charge on any atom is -0.311 e. The zero-order valence-corrected chi connectivity index (χ0v) is 10.8. The molecule has 7 nitrogen and oxygen atoms in total. The Morgan fingerprint density at radius 1 is 1.53 bits per heavy atom. The number of carbonyl (C=O) groups is 2. The van der Waals surface area contributed by atoms with E-state index in [2.05, 4.69) is 4.98 Å². The van der Waals surface area contributed by atoms with Crippen LogP contribution < -0.4 is 10.0 Å². The molecule has 1 atom stereocenters. The fourth-order valence-electron chi connectivity index (χ4n) is 2.19. The van der Waals surface area contributed by atoms with Crippen molar-refractivity contribution in [1.82, 2.24) is 4.98 Å². The molecule has 1 aliphatic rings. The first-order valence-corrected chi connectivity index (χ1v) is 7.32. The molecule has 0 radical (unpaired) electrons. The van der Waals surface area contributed by atoms with Crippen LogP contribution in [0.15, 0.2) is 18.5 Å². The van der Waals surface area contributed by atoms with E-state index in [1.165, 1.54) is 17.3 Å². The number of primary sulfonamides is 1. The van der Waals surface area contributed by atoms with Gasteiger partial charge >= 0.3 is 0 Å². The molecule has 1 aromatic heterocycles. The number of amides is 1. The fourth-order valence-corrected chi connectivity index (χ4v) is 3.07. The summed E-state index contributed by atoms with van der Waals surface area (Å²) in [5.74, 6) is -0.811. The summed E-state index contributed by atoms with van der Waals surface area (Å²) in [4.78, 5) is 28.0. The topological polar surface area (TPSA) is 110 Å². The third kappa shape index (κ3) is 3.15. The summed E-state index contributed by atoms with van der Waals surface area (Å²) in [5, 5.41) is 4.98. The Kier molecular flexibility index (Phi) is 3.63. The van der Waals surface area contributed by atoms with Gasteiger partial charge in [0.15, 0.2) is 6.29 Å². The second-order valence-electron chi connectivity index (χ2n) is 4.46. The van der Waals surface area contributed by atoms with Crippen molar-refractivity contribution in [3.05, 3.63) is 24.0 Å². The smallest absolute Gasteiger partial charge is 0.227 e. The van der Waals surface area contributed by atoms with Gasteiger partial charge in [0.1, 0.15) is 0 Å². The molecule has 1 saturated heterocycles. The summed E-state index contributed by atoms with van der Waals surface area (Å²) < 4.78 is 22.1. The predicted octanol–water partition coefficient (Wildman–Crippen LogP) is -0.464. The van der Waals surface area contributed by atoms with E-state index in [0.29, 0.717) is 17.5 Å². The number of hydrogen-bond donors (Lipinski definition) is 1. The van der Waals surface area contributed by atoms with Gasteiger partial charge in [0.05, 0.1) is 17.0 Å². The van der Waals surface area contributed by atoms with Crippen LogP contribution >= 0.6 is 0 Å². The minimum absolute atomic E-state index is 0.108. The summed E-state index contributed by atoms with van der Waals surface area (Å²) in [5.41, 5.74) is 0.749. The monoisotopic (exact) mass is 283 g/mol. The fraction of sp³-hybridized carbons (Fsp3) is 0.364. The first kappa shape index (κ1) is 13.6. The molecule has 102 valence electrons. The number of rotatable bonds is 4. The zero-order chi connectivity index (χ0) is 14.0. The van der Waals surface area contributed by atoms with Crippen LogP contribution in [0.3, 0.4) is 0 Å². The van der Waals surface area contributed by atoms with Crippen LogP contribution in [0, 0.1) is 5.92 Å². The number of sulfonamides is 1. The molecular formula is C11H13N3O4S. The Bertz CT molecular complexity index is 614. The van der Waals surface area contributed by atoms with Crippen LogP contribution in [0.1, 0.15) is 16.8 Å². The highest BCUT2D eigenvalue weighted by Crippen LogP contribution is 2.27. The normalized spacial score (nSPS) is 19.7. The van der Waals surface area contributed by atoms with Crippen molar-refractivity contribution in [2.24, 2.45) is 11.1 Å². The van der Waals surface area contributed by atoms with Crippen LogP contribution in [-0.4, -0.2) is 37.9 Å². The molecule has 2 N–H and O–H groups in total. The van der Waals surface area contributed by atoms with Gasteiger partial charge in [-0.1, -0.05) is 0 Å². The summed E-state index contributed by atoms with van der Waals surface area (Å²) in [7, 11) is -3.61. The molecule has 0 aromatic carbocycles. The first-order chi connectivity index (χ1) is 8.90. The Labute approximate surface area is 110 Å². The Morgan fingerprint density at radius 2 is 2.26 bits per heavy atom.